The Morgan fingerprint density at radius 1 is 0.525 bits per heavy atom. The number of hydrogen-bond acceptors (Lipinski definition) is 20. The van der Waals surface area contributed by atoms with Gasteiger partial charge in [0, 0.05) is 13.1 Å². The summed E-state index contributed by atoms with van der Waals surface area (Å²) in [5.41, 5.74) is -5.99. The van der Waals surface area contributed by atoms with E-state index in [1.165, 1.54) is 0 Å². The Hall–Kier alpha value is -5.26. The average Bonchev–Trinajstić information content (AvgIpc) is 3.24. The van der Waals surface area contributed by atoms with E-state index in [2.05, 4.69) is 37.2 Å². The highest BCUT2D eigenvalue weighted by molar-refractivity contribution is 5.81. The smallest absolute Gasteiger partial charge is 0.408 e. The van der Waals surface area contributed by atoms with E-state index in [4.69, 9.17) is 47.4 Å². The zero-order valence-electron chi connectivity index (χ0n) is 49.7. The molecule has 0 unspecified atom stereocenters. The molecule has 3 rings (SSSR count). The second-order valence-electron chi connectivity index (χ2n) is 25.9. The van der Waals surface area contributed by atoms with Crippen molar-refractivity contribution in [2.24, 2.45) is 0 Å². The molecule has 2 heterocycles. The maximum absolute atomic E-state index is 18.6. The second-order valence-corrected chi connectivity index (χ2v) is 25.9. The Labute approximate surface area is 468 Å². The normalized spacial score (nSPS) is 28.1. The monoisotopic (exact) mass is 1150 g/mol. The molecule has 0 spiro atoms. The summed E-state index contributed by atoms with van der Waals surface area (Å²) < 4.78 is 76.7. The van der Waals surface area contributed by atoms with E-state index < -0.39 is 175 Å². The number of alkyl halides is 1. The van der Waals surface area contributed by atoms with E-state index >= 15 is 4.39 Å². The Morgan fingerprint density at radius 3 is 1.39 bits per heavy atom. The van der Waals surface area contributed by atoms with Crippen LogP contribution in [0.2, 0.25) is 0 Å². The number of ether oxygens (including phenoxy) is 10. The summed E-state index contributed by atoms with van der Waals surface area (Å²) >= 11 is 0. The van der Waals surface area contributed by atoms with Gasteiger partial charge in [-0.3, -0.25) is 4.79 Å². The number of aliphatic hydroxyl groups excluding tert-OH is 3. The van der Waals surface area contributed by atoms with Crippen LogP contribution in [0.15, 0.2) is 0 Å². The van der Waals surface area contributed by atoms with Crippen LogP contribution in [0.3, 0.4) is 0 Å². The van der Waals surface area contributed by atoms with Crippen LogP contribution in [0.4, 0.5) is 33.2 Å². The third-order valence-electron chi connectivity index (χ3n) is 11.2. The van der Waals surface area contributed by atoms with Crippen molar-refractivity contribution in [2.75, 3.05) is 19.7 Å². The predicted molar refractivity (Wildman–Crippen MR) is 283 cm³/mol. The molecule has 3 aliphatic rings. The van der Waals surface area contributed by atoms with Crippen LogP contribution < -0.4 is 37.2 Å². The number of amides is 7. The van der Waals surface area contributed by atoms with Gasteiger partial charge >= 0.3 is 36.6 Å². The van der Waals surface area contributed by atoms with Crippen molar-refractivity contribution in [3.8, 4) is 0 Å². The standard InChI is InChI=1S/C52H92FN7O20/c1-47(2,3)75-41(65)54-22-21-30(62)38(64)56-28-23-29(58-44(68)78-50(10,11)12)37(73-39-27(57-43(67)77-49(7,8)9)20-19-26(71-39)24-55-42(66)76-48(4,5)6)32(53)36(28)74-40-34(60-46(70)80-52(16,17)18)33(35(63)31(25-61)72-40)59-45(69)79-51(13,14)15/h26-37,39-40,61-63H,19-25H2,1-18H3,(H,54,65)(H,55,66)(H,56,64)(H,57,67)(H,58,68)(H,59,69)(H,60,70)/t26-,27+,28+,29-,30-,31+,32-,33+,34+,35+,36-,37+,39+,40+/m0/s1. The van der Waals surface area contributed by atoms with Gasteiger partial charge in [-0.1, -0.05) is 0 Å². The van der Waals surface area contributed by atoms with Crippen LogP contribution in [0.25, 0.3) is 0 Å². The molecule has 1 saturated carbocycles. The Bertz CT molecular complexity index is 2080. The van der Waals surface area contributed by atoms with Crippen molar-refractivity contribution < 1.29 is 101 Å². The van der Waals surface area contributed by atoms with Crippen LogP contribution in [0.1, 0.15) is 150 Å². The molecule has 2 aliphatic heterocycles. The van der Waals surface area contributed by atoms with E-state index in [1.807, 2.05) is 0 Å². The van der Waals surface area contributed by atoms with Gasteiger partial charge in [0.25, 0.3) is 0 Å². The summed E-state index contributed by atoms with van der Waals surface area (Å²) in [6, 6.07) is -7.56. The van der Waals surface area contributed by atoms with Gasteiger partial charge in [0.2, 0.25) is 5.91 Å². The second kappa shape index (κ2) is 28.1. The first-order chi connectivity index (χ1) is 36.4. The largest absolute Gasteiger partial charge is 0.444 e. The SMILES string of the molecule is CC(C)(C)OC(=O)NCC[C@H](O)C(=O)N[C@@H]1C[C@H](NC(=O)OC(C)(C)C)[C@@H](O[C@H]2O[C@H](CNC(=O)OC(C)(C)C)CC[C@H]2NC(=O)OC(C)(C)C)[C@@H](F)[C@H]1O[C@H]1O[C@H](CO)[C@@H](O)[C@H](NC(=O)OC(C)(C)C)[C@H]1NC(=O)OC(C)(C)C. The molecule has 0 radical (unpaired) electrons. The van der Waals surface area contributed by atoms with E-state index in [0.717, 1.165) is 0 Å². The molecule has 14 atom stereocenters. The summed E-state index contributed by atoms with van der Waals surface area (Å²) in [5.74, 6) is -1.11. The predicted octanol–water partition coefficient (Wildman–Crippen LogP) is 3.94. The molecule has 7 amide bonds. The van der Waals surface area contributed by atoms with Crippen molar-refractivity contribution in [3.63, 3.8) is 0 Å². The lowest BCUT2D eigenvalue weighted by molar-refractivity contribution is -0.292. The summed E-state index contributed by atoms with van der Waals surface area (Å²) in [6.45, 7) is 27.6. The number of nitrogens with one attached hydrogen (secondary N) is 7. The Morgan fingerprint density at radius 2 is 0.925 bits per heavy atom. The van der Waals surface area contributed by atoms with E-state index in [0.29, 0.717) is 0 Å². The summed E-state index contributed by atoms with van der Waals surface area (Å²) in [4.78, 5) is 93.3. The van der Waals surface area contributed by atoms with Gasteiger partial charge in [0.05, 0.1) is 36.9 Å². The maximum atomic E-state index is 18.6. The molecule has 1 aliphatic carbocycles. The quantitative estimate of drug-likeness (QED) is 0.0978. The fraction of sp³-hybridized carbons (Fsp3) is 0.865. The van der Waals surface area contributed by atoms with Crippen molar-refractivity contribution in [1.82, 2.24) is 37.2 Å². The van der Waals surface area contributed by atoms with Crippen LogP contribution in [0.5, 0.6) is 0 Å². The highest BCUT2D eigenvalue weighted by Gasteiger charge is 2.55. The number of alkyl carbamates (subject to hydrolysis) is 6. The number of halogens is 1. The first-order valence-corrected chi connectivity index (χ1v) is 26.9. The summed E-state index contributed by atoms with van der Waals surface area (Å²) in [7, 11) is 0. The van der Waals surface area contributed by atoms with Gasteiger partial charge in [-0.2, -0.15) is 0 Å². The molecule has 3 fully saturated rings. The van der Waals surface area contributed by atoms with Crippen LogP contribution >= 0.6 is 0 Å². The molecule has 27 nitrogen and oxygen atoms in total. The van der Waals surface area contributed by atoms with E-state index in [1.54, 1.807) is 125 Å². The van der Waals surface area contributed by atoms with Gasteiger partial charge in [-0.25, -0.2) is 33.2 Å². The first-order valence-electron chi connectivity index (χ1n) is 26.9. The minimum Gasteiger partial charge on any atom is -0.444 e. The van der Waals surface area contributed by atoms with Crippen molar-refractivity contribution in [2.45, 2.75) is 270 Å². The fourth-order valence-electron chi connectivity index (χ4n) is 8.28. The molecule has 2 saturated heterocycles. The first kappa shape index (κ1) is 69.0. The molecular weight excluding hydrogens is 1060 g/mol. The molecule has 0 aromatic rings. The molecule has 0 aromatic heterocycles. The topological polar surface area (TPSA) is 357 Å². The van der Waals surface area contributed by atoms with Gasteiger partial charge in [-0.15, -0.1) is 0 Å². The minimum atomic E-state index is -2.55. The van der Waals surface area contributed by atoms with Crippen LogP contribution in [-0.4, -0.2) is 197 Å². The third-order valence-corrected chi connectivity index (χ3v) is 11.2. The zero-order valence-corrected chi connectivity index (χ0v) is 49.7. The maximum Gasteiger partial charge on any atom is 0.408 e. The number of aliphatic hydroxyl groups is 3. The van der Waals surface area contributed by atoms with Gasteiger partial charge < -0.3 is 99.9 Å². The average molecular weight is 1150 g/mol. The number of carbonyl (C=O) groups excluding carboxylic acids is 7. The highest BCUT2D eigenvalue weighted by Crippen LogP contribution is 2.35. The lowest BCUT2D eigenvalue weighted by Gasteiger charge is -2.49. The van der Waals surface area contributed by atoms with Crippen LogP contribution in [0, 0.1) is 0 Å². The summed E-state index contributed by atoms with van der Waals surface area (Å²) in [5, 5.41) is 51.4. The molecular formula is C52H92FN7O20. The lowest BCUT2D eigenvalue weighted by atomic mass is 9.83. The summed E-state index contributed by atoms with van der Waals surface area (Å²) in [6.07, 6.45) is -22.6. The molecule has 10 N–H and O–H groups in total. The van der Waals surface area contributed by atoms with E-state index in [9.17, 15) is 48.9 Å². The third kappa shape index (κ3) is 24.8. The van der Waals surface area contributed by atoms with Gasteiger partial charge in [0.1, 0.15) is 70.2 Å². The Balaban J connectivity index is 2.26. The zero-order chi connectivity index (χ0) is 61.1. The molecule has 28 heteroatoms. The Kier molecular flexibility index (Phi) is 24.3. The lowest BCUT2D eigenvalue weighted by Crippen LogP contribution is -2.72. The van der Waals surface area contributed by atoms with Crippen molar-refractivity contribution in [3.05, 3.63) is 0 Å². The van der Waals surface area contributed by atoms with Crippen molar-refractivity contribution in [1.29, 1.82) is 0 Å². The molecule has 462 valence electrons. The number of hydrogen-bond donors (Lipinski definition) is 10. The number of rotatable bonds is 16. The molecule has 0 aromatic carbocycles. The highest BCUT2D eigenvalue weighted by atomic mass is 19.1. The van der Waals surface area contributed by atoms with Gasteiger partial charge in [0.15, 0.2) is 18.8 Å². The van der Waals surface area contributed by atoms with Gasteiger partial charge in [-0.05, 0) is 150 Å². The fourth-order valence-corrected chi connectivity index (χ4v) is 8.28. The van der Waals surface area contributed by atoms with Crippen LogP contribution in [-0.2, 0) is 52.2 Å². The molecule has 80 heavy (non-hydrogen) atoms. The molecule has 0 bridgehead atoms. The minimum absolute atomic E-state index is 0.0997. The van der Waals surface area contributed by atoms with E-state index in [-0.39, 0.29) is 32.4 Å². The van der Waals surface area contributed by atoms with Crippen molar-refractivity contribution >= 4 is 42.5 Å². The number of carbonyl (C=O) groups is 7.